The van der Waals surface area contributed by atoms with Crippen molar-refractivity contribution in [2.75, 3.05) is 30.8 Å². The fourth-order valence-electron chi connectivity index (χ4n) is 3.99. The van der Waals surface area contributed by atoms with E-state index in [1.54, 1.807) is 25.3 Å². The molecule has 0 spiro atoms. The Labute approximate surface area is 219 Å². The Morgan fingerprint density at radius 3 is 2.30 bits per heavy atom. The van der Waals surface area contributed by atoms with Gasteiger partial charge in [-0.1, -0.05) is 44.5 Å². The number of halogens is 1. The number of sulfonamides is 1. The summed E-state index contributed by atoms with van der Waals surface area (Å²) in [4.78, 5) is 27.9. The first-order valence-electron chi connectivity index (χ1n) is 12.5. The van der Waals surface area contributed by atoms with E-state index in [-0.39, 0.29) is 43.4 Å². The van der Waals surface area contributed by atoms with E-state index >= 15 is 0 Å². The van der Waals surface area contributed by atoms with Crippen molar-refractivity contribution in [1.82, 2.24) is 10.2 Å². The van der Waals surface area contributed by atoms with Gasteiger partial charge in [0.25, 0.3) is 0 Å². The summed E-state index contributed by atoms with van der Waals surface area (Å²) in [5.41, 5.74) is 0.771. The largest absolute Gasteiger partial charge is 0.497 e. The molecule has 204 valence electrons. The van der Waals surface area contributed by atoms with E-state index in [1.165, 1.54) is 23.1 Å². The molecule has 2 aromatic carbocycles. The monoisotopic (exact) mass is 535 g/mol. The number of carbonyl (C=O) groups is 2. The van der Waals surface area contributed by atoms with Crippen molar-refractivity contribution in [2.45, 2.75) is 58.5 Å². The summed E-state index contributed by atoms with van der Waals surface area (Å²) in [6.07, 6.45) is 3.36. The van der Waals surface area contributed by atoms with Gasteiger partial charge in [-0.3, -0.25) is 13.9 Å². The van der Waals surface area contributed by atoms with Gasteiger partial charge in [0.1, 0.15) is 17.6 Å². The highest BCUT2D eigenvalue weighted by molar-refractivity contribution is 7.92. The Morgan fingerprint density at radius 1 is 1.05 bits per heavy atom. The average Bonchev–Trinajstić information content (AvgIpc) is 2.87. The van der Waals surface area contributed by atoms with Crippen LogP contribution in [0.5, 0.6) is 5.75 Å². The van der Waals surface area contributed by atoms with Crippen LogP contribution < -0.4 is 14.4 Å². The second-order valence-electron chi connectivity index (χ2n) is 8.83. The lowest BCUT2D eigenvalue weighted by Crippen LogP contribution is -2.49. The number of ether oxygens (including phenoxy) is 1. The Hall–Kier alpha value is -3.14. The van der Waals surface area contributed by atoms with E-state index < -0.39 is 21.9 Å². The zero-order valence-electron chi connectivity index (χ0n) is 22.1. The zero-order chi connectivity index (χ0) is 27.4. The number of hydrogen-bond acceptors (Lipinski definition) is 5. The van der Waals surface area contributed by atoms with Crippen molar-refractivity contribution in [3.05, 3.63) is 59.9 Å². The van der Waals surface area contributed by atoms with E-state index in [9.17, 15) is 22.4 Å². The lowest BCUT2D eigenvalue weighted by molar-refractivity contribution is -0.141. The number of para-hydroxylation sites is 1. The molecular weight excluding hydrogens is 497 g/mol. The van der Waals surface area contributed by atoms with Crippen LogP contribution in [-0.2, 0) is 26.2 Å². The molecule has 0 aromatic heterocycles. The van der Waals surface area contributed by atoms with Crippen LogP contribution in [0.25, 0.3) is 0 Å². The fraction of sp³-hybridized carbons (Fsp3) is 0.481. The van der Waals surface area contributed by atoms with Crippen molar-refractivity contribution in [2.24, 2.45) is 0 Å². The normalized spacial score (nSPS) is 12.0. The van der Waals surface area contributed by atoms with Gasteiger partial charge >= 0.3 is 0 Å². The highest BCUT2D eigenvalue weighted by Crippen LogP contribution is 2.23. The smallest absolute Gasteiger partial charge is 0.242 e. The predicted octanol–water partition coefficient (Wildman–Crippen LogP) is 4.10. The van der Waals surface area contributed by atoms with E-state index in [1.807, 2.05) is 26.0 Å². The molecule has 0 aliphatic heterocycles. The van der Waals surface area contributed by atoms with Gasteiger partial charge in [0.15, 0.2) is 0 Å². The Morgan fingerprint density at radius 2 is 1.73 bits per heavy atom. The van der Waals surface area contributed by atoms with Crippen LogP contribution in [0.1, 0.15) is 51.5 Å². The van der Waals surface area contributed by atoms with Crippen molar-refractivity contribution >= 4 is 27.5 Å². The molecule has 10 heteroatoms. The number of nitrogens with zero attached hydrogens (tertiary/aromatic N) is 2. The molecule has 2 aromatic rings. The summed E-state index contributed by atoms with van der Waals surface area (Å²) in [5.74, 6) is -0.479. The summed E-state index contributed by atoms with van der Waals surface area (Å²) in [6, 6.07) is 12.2. The Bertz CT molecular complexity index is 1130. The Balaban J connectivity index is 2.21. The number of unbranched alkanes of at least 4 members (excludes halogenated alkanes) is 1. The second kappa shape index (κ2) is 14.6. The third-order valence-corrected chi connectivity index (χ3v) is 7.18. The van der Waals surface area contributed by atoms with Crippen molar-refractivity contribution in [1.29, 1.82) is 0 Å². The first kappa shape index (κ1) is 30.1. The van der Waals surface area contributed by atoms with Gasteiger partial charge in [0.2, 0.25) is 21.8 Å². The Kier molecular flexibility index (Phi) is 11.8. The molecule has 1 N–H and O–H groups in total. The summed E-state index contributed by atoms with van der Waals surface area (Å²) in [6.45, 7) is 4.56. The van der Waals surface area contributed by atoms with Crippen molar-refractivity contribution < 1.29 is 27.1 Å². The fourth-order valence-corrected chi connectivity index (χ4v) is 4.96. The zero-order valence-corrected chi connectivity index (χ0v) is 22.9. The lowest BCUT2D eigenvalue weighted by atomic mass is 10.1. The number of rotatable bonds is 15. The molecule has 0 heterocycles. The van der Waals surface area contributed by atoms with E-state index in [0.29, 0.717) is 18.7 Å². The van der Waals surface area contributed by atoms with Crippen LogP contribution >= 0.6 is 0 Å². The highest BCUT2D eigenvalue weighted by atomic mass is 32.2. The van der Waals surface area contributed by atoms with E-state index in [2.05, 4.69) is 5.32 Å². The van der Waals surface area contributed by atoms with Gasteiger partial charge < -0.3 is 15.0 Å². The van der Waals surface area contributed by atoms with Gasteiger partial charge in [0, 0.05) is 26.1 Å². The number of amides is 2. The molecule has 8 nitrogen and oxygen atoms in total. The molecule has 0 bridgehead atoms. The minimum Gasteiger partial charge on any atom is -0.497 e. The highest BCUT2D eigenvalue weighted by Gasteiger charge is 2.29. The van der Waals surface area contributed by atoms with Crippen molar-refractivity contribution in [3.8, 4) is 5.75 Å². The van der Waals surface area contributed by atoms with Gasteiger partial charge in [-0.25, -0.2) is 12.8 Å². The molecule has 1 atom stereocenters. The van der Waals surface area contributed by atoms with Crippen LogP contribution in [0.4, 0.5) is 10.1 Å². The number of carbonyl (C=O) groups excluding carboxylic acids is 2. The molecule has 0 unspecified atom stereocenters. The third-order valence-electron chi connectivity index (χ3n) is 6.00. The van der Waals surface area contributed by atoms with Crippen LogP contribution in [0.15, 0.2) is 48.5 Å². The number of hydrogen-bond donors (Lipinski definition) is 1. The van der Waals surface area contributed by atoms with Crippen LogP contribution in [0, 0.1) is 5.82 Å². The lowest BCUT2D eigenvalue weighted by Gasteiger charge is -2.31. The minimum atomic E-state index is -3.77. The number of benzene rings is 2. The maximum absolute atomic E-state index is 14.3. The molecule has 2 amide bonds. The molecule has 0 saturated carbocycles. The van der Waals surface area contributed by atoms with E-state index in [0.717, 1.165) is 29.0 Å². The number of anilines is 1. The van der Waals surface area contributed by atoms with E-state index in [4.69, 9.17) is 4.74 Å². The van der Waals surface area contributed by atoms with Crippen LogP contribution in [0.3, 0.4) is 0 Å². The van der Waals surface area contributed by atoms with Crippen molar-refractivity contribution in [3.63, 3.8) is 0 Å². The molecule has 37 heavy (non-hydrogen) atoms. The molecule has 2 rings (SSSR count). The third kappa shape index (κ3) is 9.03. The topological polar surface area (TPSA) is 96.0 Å². The quantitative estimate of drug-likeness (QED) is 0.347. The minimum absolute atomic E-state index is 0.00460. The van der Waals surface area contributed by atoms with Gasteiger partial charge in [-0.05, 0) is 49.1 Å². The maximum atomic E-state index is 14.3. The number of nitrogens with one attached hydrogen (secondary N) is 1. The first-order valence-corrected chi connectivity index (χ1v) is 14.4. The summed E-state index contributed by atoms with van der Waals surface area (Å²) in [5, 5.41) is 2.91. The molecule has 0 saturated heterocycles. The SMILES string of the molecule is CCCCNC(=O)[C@H](CC)N(Cc1ccc(OC)cc1)C(=O)CCCN(c1ccccc1F)S(C)(=O)=O. The number of methoxy groups -OCH3 is 1. The average molecular weight is 536 g/mol. The van der Waals surface area contributed by atoms with Gasteiger partial charge in [-0.15, -0.1) is 0 Å². The van der Waals surface area contributed by atoms with Gasteiger partial charge in [0.05, 0.1) is 19.1 Å². The van der Waals surface area contributed by atoms with Crippen LogP contribution in [0.2, 0.25) is 0 Å². The summed E-state index contributed by atoms with van der Waals surface area (Å²) in [7, 11) is -2.20. The summed E-state index contributed by atoms with van der Waals surface area (Å²) < 4.78 is 45.2. The second-order valence-corrected chi connectivity index (χ2v) is 10.7. The standard InChI is InChI=1S/C27H38FN3O5S/c1-5-7-18-29-27(33)24(6-2)30(20-21-14-16-22(36-3)17-15-21)26(32)13-10-19-31(37(4,34)35)25-12-9-8-11-23(25)28/h8-9,11-12,14-17,24H,5-7,10,13,18-20H2,1-4H3,(H,29,33)/t24-/m0/s1. The predicted molar refractivity (Wildman–Crippen MR) is 143 cm³/mol. The van der Waals surface area contributed by atoms with Gasteiger partial charge in [-0.2, -0.15) is 0 Å². The first-order chi connectivity index (χ1) is 17.6. The van der Waals surface area contributed by atoms with Crippen LogP contribution in [-0.4, -0.2) is 57.6 Å². The molecule has 0 radical (unpaired) electrons. The summed E-state index contributed by atoms with van der Waals surface area (Å²) >= 11 is 0. The molecular formula is C27H38FN3O5S. The molecule has 0 aliphatic carbocycles. The molecule has 0 fully saturated rings. The molecule has 0 aliphatic rings. The maximum Gasteiger partial charge on any atom is 0.242 e.